The molecule has 2 aromatic heterocycles. The Morgan fingerprint density at radius 3 is 2.57 bits per heavy atom. The average molecular weight is 686 g/mol. The van der Waals surface area contributed by atoms with Gasteiger partial charge in [-0.05, 0) is 35.3 Å². The third-order valence-corrected chi connectivity index (χ3v) is 9.63. The highest BCUT2D eigenvalue weighted by atomic mass is 32.2. The molecule has 2 aliphatic rings. The summed E-state index contributed by atoms with van der Waals surface area (Å²) in [5.41, 5.74) is 1.11. The van der Waals surface area contributed by atoms with Crippen molar-refractivity contribution in [1.82, 2.24) is 34.9 Å². The topological polar surface area (TPSA) is 215 Å². The fraction of sp³-hybridized carbons (Fsp3) is 0.379. The highest BCUT2D eigenvalue weighted by Crippen LogP contribution is 2.41. The number of hydrogen-bond donors (Lipinski definition) is 4. The Balaban J connectivity index is 1.20. The van der Waals surface area contributed by atoms with Crippen LogP contribution in [0.25, 0.3) is 5.65 Å². The van der Waals surface area contributed by atoms with Gasteiger partial charge in [-0.2, -0.15) is 14.3 Å². The van der Waals surface area contributed by atoms with Gasteiger partial charge >= 0.3 is 23.7 Å². The largest absolute Gasteiger partial charge is 0.480 e. The number of thioether (sulfide) groups is 2. The summed E-state index contributed by atoms with van der Waals surface area (Å²) in [6.45, 7) is 1.84. The minimum Gasteiger partial charge on any atom is -0.480 e. The molecular formula is C29H31N7O9S2. The summed E-state index contributed by atoms with van der Waals surface area (Å²) in [6, 6.07) is 9.25. The smallest absolute Gasteiger partial charge is 0.407 e. The Hall–Kier alpha value is -4.84. The molecule has 0 bridgehead atoms. The minimum atomic E-state index is -1.28. The zero-order valence-corrected chi connectivity index (χ0v) is 26.7. The second-order valence-corrected chi connectivity index (χ2v) is 12.7. The first-order chi connectivity index (χ1) is 22.6. The molecular weight excluding hydrogens is 654 g/mol. The molecule has 47 heavy (non-hydrogen) atoms. The number of aromatic nitrogens is 4. The van der Waals surface area contributed by atoms with Crippen LogP contribution in [-0.4, -0.2) is 93.9 Å². The van der Waals surface area contributed by atoms with Crippen LogP contribution in [0.3, 0.4) is 0 Å². The molecule has 18 heteroatoms. The van der Waals surface area contributed by atoms with Gasteiger partial charge in [0.05, 0.1) is 13.0 Å². The highest BCUT2D eigenvalue weighted by molar-refractivity contribution is 8.01. The van der Waals surface area contributed by atoms with Crippen LogP contribution in [0.15, 0.2) is 57.5 Å². The van der Waals surface area contributed by atoms with E-state index < -0.39 is 53.5 Å². The zero-order valence-electron chi connectivity index (χ0n) is 25.1. The molecule has 0 radical (unpaired) electrons. The second-order valence-electron chi connectivity index (χ2n) is 10.6. The van der Waals surface area contributed by atoms with Gasteiger partial charge in [-0.3, -0.25) is 19.3 Å². The number of carboxylic acid groups (broad SMARTS) is 2. The van der Waals surface area contributed by atoms with Gasteiger partial charge < -0.3 is 25.6 Å². The molecule has 248 valence electrons. The number of rotatable bonds is 14. The molecule has 0 aliphatic carbocycles. The molecule has 1 saturated heterocycles. The first kappa shape index (κ1) is 33.5. The Bertz CT molecular complexity index is 1820. The van der Waals surface area contributed by atoms with E-state index in [4.69, 9.17) is 9.84 Å². The molecule has 0 saturated carbocycles. The fourth-order valence-electron chi connectivity index (χ4n) is 4.98. The fourth-order valence-corrected chi connectivity index (χ4v) is 7.32. The van der Waals surface area contributed by atoms with E-state index in [1.165, 1.54) is 22.7 Å². The molecule has 1 fully saturated rings. The molecule has 2 aliphatic heterocycles. The van der Waals surface area contributed by atoms with E-state index in [1.54, 1.807) is 30.3 Å². The standard InChI is InChI=1S/C29H31N7O9S2/c1-2-3-10-45-28(43)30-12-17-7-5-4-6-16(17)11-20(37)31-23-25(40)35-24(27(41)42)18(15-47-26(23)35)14-46-21-9-8-19-32-34(13-22(38)39)29(44)36(19)33-21/h4-9,23,26H,2-3,10-15H2,1H3,(H,30,43)(H,31,37)(H,38,39)(H,41,42)/t23?,26-/m1/s1. The number of aliphatic carboxylic acids is 2. The average Bonchev–Trinajstić information content (AvgIpc) is 3.34. The third kappa shape index (κ3) is 7.60. The zero-order chi connectivity index (χ0) is 33.7. The van der Waals surface area contributed by atoms with Crippen LogP contribution in [0.2, 0.25) is 0 Å². The summed E-state index contributed by atoms with van der Waals surface area (Å²) >= 11 is 2.47. The maximum atomic E-state index is 13.2. The van der Waals surface area contributed by atoms with Crippen molar-refractivity contribution in [2.45, 2.75) is 55.7 Å². The van der Waals surface area contributed by atoms with E-state index >= 15 is 0 Å². The van der Waals surface area contributed by atoms with E-state index in [0.29, 0.717) is 22.8 Å². The van der Waals surface area contributed by atoms with Crippen molar-refractivity contribution in [2.75, 3.05) is 18.1 Å². The number of ether oxygens (including phenoxy) is 1. The molecule has 3 aromatic rings. The van der Waals surface area contributed by atoms with Gasteiger partial charge in [0.25, 0.3) is 5.91 Å². The lowest BCUT2D eigenvalue weighted by molar-refractivity contribution is -0.150. The Kier molecular flexibility index (Phi) is 10.5. The number of carboxylic acids is 2. The minimum absolute atomic E-state index is 0.0525. The van der Waals surface area contributed by atoms with E-state index in [-0.39, 0.29) is 35.8 Å². The maximum Gasteiger partial charge on any atom is 0.407 e. The lowest BCUT2D eigenvalue weighted by atomic mass is 10.0. The van der Waals surface area contributed by atoms with Crippen molar-refractivity contribution in [2.24, 2.45) is 0 Å². The Labute approximate surface area is 275 Å². The van der Waals surface area contributed by atoms with E-state index in [2.05, 4.69) is 20.8 Å². The van der Waals surface area contributed by atoms with E-state index in [9.17, 15) is 33.9 Å². The van der Waals surface area contributed by atoms with Crippen molar-refractivity contribution in [3.05, 3.63) is 69.3 Å². The van der Waals surface area contributed by atoms with Gasteiger partial charge in [0.1, 0.15) is 28.7 Å². The number of benzene rings is 1. The number of β-lactam (4-membered cyclic amide) rings is 1. The molecule has 4 heterocycles. The van der Waals surface area contributed by atoms with Crippen LogP contribution in [0.1, 0.15) is 30.9 Å². The molecule has 0 spiro atoms. The number of carbonyl (C=O) groups excluding carboxylic acids is 3. The van der Waals surface area contributed by atoms with Gasteiger partial charge in [0, 0.05) is 18.1 Å². The summed E-state index contributed by atoms with van der Waals surface area (Å²) in [5.74, 6) is -3.06. The number of nitrogens with zero attached hydrogens (tertiary/aromatic N) is 5. The van der Waals surface area contributed by atoms with Gasteiger partial charge in [-0.25, -0.2) is 14.4 Å². The van der Waals surface area contributed by atoms with Crippen LogP contribution in [0, 0.1) is 0 Å². The number of carbonyl (C=O) groups is 5. The SMILES string of the molecule is CCCCOC(=O)NCc1ccccc1CC(=O)NC1C(=O)N2C(C(=O)O)=C(CSc3ccc4nn(CC(=O)O)c(=O)n4n3)CS[C@H]12. The summed E-state index contributed by atoms with van der Waals surface area (Å²) in [4.78, 5) is 75.0. The van der Waals surface area contributed by atoms with Crippen LogP contribution in [0.4, 0.5) is 4.79 Å². The summed E-state index contributed by atoms with van der Waals surface area (Å²) < 4.78 is 6.85. The van der Waals surface area contributed by atoms with Crippen LogP contribution >= 0.6 is 23.5 Å². The van der Waals surface area contributed by atoms with Crippen LogP contribution in [0.5, 0.6) is 0 Å². The van der Waals surface area contributed by atoms with E-state index in [0.717, 1.165) is 39.4 Å². The molecule has 5 rings (SSSR count). The highest BCUT2D eigenvalue weighted by Gasteiger charge is 2.54. The van der Waals surface area contributed by atoms with Crippen LogP contribution in [-0.2, 0) is 43.4 Å². The monoisotopic (exact) mass is 685 g/mol. The molecule has 4 N–H and O–H groups in total. The predicted octanol–water partition coefficient (Wildman–Crippen LogP) is 1.08. The second kappa shape index (κ2) is 14.7. The lowest BCUT2D eigenvalue weighted by Gasteiger charge is -2.49. The number of nitrogens with one attached hydrogen (secondary N) is 2. The number of alkyl carbamates (subject to hydrolysis) is 1. The number of amides is 3. The van der Waals surface area contributed by atoms with Crippen molar-refractivity contribution < 1.29 is 38.9 Å². The Morgan fingerprint density at radius 1 is 1.09 bits per heavy atom. The summed E-state index contributed by atoms with van der Waals surface area (Å²) in [6.07, 6.45) is 1.05. The summed E-state index contributed by atoms with van der Waals surface area (Å²) in [5, 5.41) is 32.3. The van der Waals surface area contributed by atoms with Gasteiger partial charge in [-0.15, -0.1) is 28.6 Å². The number of hydrogen-bond acceptors (Lipinski definition) is 11. The van der Waals surface area contributed by atoms with Crippen LogP contribution < -0.4 is 16.3 Å². The van der Waals surface area contributed by atoms with Crippen molar-refractivity contribution in [1.29, 1.82) is 0 Å². The summed E-state index contributed by atoms with van der Waals surface area (Å²) in [7, 11) is 0. The lowest BCUT2D eigenvalue weighted by Crippen LogP contribution is -2.70. The van der Waals surface area contributed by atoms with Gasteiger partial charge in [0.15, 0.2) is 5.65 Å². The molecule has 1 aromatic carbocycles. The Morgan fingerprint density at radius 2 is 1.85 bits per heavy atom. The molecule has 2 atom stereocenters. The van der Waals surface area contributed by atoms with E-state index in [1.807, 2.05) is 6.92 Å². The quantitative estimate of drug-likeness (QED) is 0.106. The maximum absolute atomic E-state index is 13.2. The molecule has 16 nitrogen and oxygen atoms in total. The number of fused-ring (bicyclic) bond motifs is 2. The normalized spacial score (nSPS) is 17.2. The first-order valence-corrected chi connectivity index (χ1v) is 16.6. The van der Waals surface area contributed by atoms with Crippen molar-refractivity contribution >= 4 is 59.0 Å². The first-order valence-electron chi connectivity index (χ1n) is 14.6. The molecule has 3 amide bonds. The van der Waals surface area contributed by atoms with Crippen molar-refractivity contribution in [3.63, 3.8) is 0 Å². The van der Waals surface area contributed by atoms with Crippen molar-refractivity contribution in [3.8, 4) is 0 Å². The van der Waals surface area contributed by atoms with Gasteiger partial charge in [-0.1, -0.05) is 37.6 Å². The molecule has 1 unspecified atom stereocenters. The third-order valence-electron chi connectivity index (χ3n) is 7.28. The van der Waals surface area contributed by atoms with Gasteiger partial charge in [0.2, 0.25) is 5.91 Å². The number of unbranched alkanes of at least 4 members (excludes halogenated alkanes) is 1. The predicted molar refractivity (Wildman–Crippen MR) is 169 cm³/mol.